The second kappa shape index (κ2) is 8.10. The highest BCUT2D eigenvalue weighted by Gasteiger charge is 2.10. The fourth-order valence-corrected chi connectivity index (χ4v) is 1.19. The molecule has 0 spiro atoms. The molecule has 0 saturated carbocycles. The predicted molar refractivity (Wildman–Crippen MR) is 56.6 cm³/mol. The van der Waals surface area contributed by atoms with Crippen molar-refractivity contribution in [3.63, 3.8) is 0 Å². The second-order valence-electron chi connectivity index (χ2n) is 3.44. The lowest BCUT2D eigenvalue weighted by molar-refractivity contribution is 0.175. The molecule has 0 aliphatic rings. The number of ether oxygens (including phenoxy) is 1. The van der Waals surface area contributed by atoms with Crippen molar-refractivity contribution in [1.82, 2.24) is 5.32 Å². The molecule has 0 saturated heterocycles. The lowest BCUT2D eigenvalue weighted by Crippen LogP contribution is -2.35. The zero-order valence-corrected chi connectivity index (χ0v) is 9.18. The molecule has 13 heavy (non-hydrogen) atoms. The Kier molecular flexibility index (Phi) is 7.77. The third kappa shape index (κ3) is 6.62. The van der Waals surface area contributed by atoms with Gasteiger partial charge in [0.2, 0.25) is 0 Å². The van der Waals surface area contributed by atoms with Crippen LogP contribution in [-0.2, 0) is 4.74 Å². The fourth-order valence-electron chi connectivity index (χ4n) is 1.19. The summed E-state index contributed by atoms with van der Waals surface area (Å²) in [5.74, 6) is 6.52. The van der Waals surface area contributed by atoms with Crippen molar-refractivity contribution in [2.45, 2.75) is 33.2 Å². The van der Waals surface area contributed by atoms with Crippen LogP contribution in [0.25, 0.3) is 0 Å². The lowest BCUT2D eigenvalue weighted by Gasteiger charge is -2.20. The van der Waals surface area contributed by atoms with Gasteiger partial charge in [0.1, 0.15) is 0 Å². The summed E-state index contributed by atoms with van der Waals surface area (Å²) in [5, 5.41) is 3.40. The first-order chi connectivity index (χ1) is 6.22. The first-order valence-electron chi connectivity index (χ1n) is 4.84. The van der Waals surface area contributed by atoms with E-state index in [-0.39, 0.29) is 0 Å². The number of hydrogen-bond donors (Lipinski definition) is 1. The summed E-state index contributed by atoms with van der Waals surface area (Å²) in [5.41, 5.74) is 0. The molecule has 1 N–H and O–H groups in total. The summed E-state index contributed by atoms with van der Waals surface area (Å²) in [7, 11) is 1.74. The first kappa shape index (κ1) is 12.5. The molecule has 0 fully saturated rings. The number of methoxy groups -OCH3 is 1. The van der Waals surface area contributed by atoms with E-state index in [0.29, 0.717) is 12.0 Å². The van der Waals surface area contributed by atoms with Gasteiger partial charge in [0, 0.05) is 19.8 Å². The minimum absolute atomic E-state index is 0.515. The zero-order chi connectivity index (χ0) is 10.1. The molecule has 1 atom stereocenters. The minimum Gasteiger partial charge on any atom is -0.385 e. The van der Waals surface area contributed by atoms with Gasteiger partial charge in [-0.3, -0.25) is 0 Å². The Morgan fingerprint density at radius 1 is 1.38 bits per heavy atom. The van der Waals surface area contributed by atoms with Gasteiger partial charge in [-0.05, 0) is 19.3 Å². The van der Waals surface area contributed by atoms with Crippen molar-refractivity contribution in [3.8, 4) is 11.8 Å². The van der Waals surface area contributed by atoms with Crippen LogP contribution in [0.15, 0.2) is 0 Å². The molecule has 2 nitrogen and oxygen atoms in total. The lowest BCUT2D eigenvalue weighted by atomic mass is 10.0. The van der Waals surface area contributed by atoms with Gasteiger partial charge in [-0.15, -0.1) is 5.92 Å². The quantitative estimate of drug-likeness (QED) is 0.632. The molecule has 0 aromatic rings. The molecule has 0 rings (SSSR count). The fraction of sp³-hybridized carbons (Fsp3) is 0.818. The van der Waals surface area contributed by atoms with Crippen molar-refractivity contribution in [3.05, 3.63) is 0 Å². The summed E-state index contributed by atoms with van der Waals surface area (Å²) >= 11 is 0. The molecular weight excluding hydrogens is 162 g/mol. The Bertz CT molecular complexity index is 167. The Balaban J connectivity index is 3.71. The molecule has 0 amide bonds. The molecule has 1 unspecified atom stereocenters. The Hall–Kier alpha value is -0.520. The summed E-state index contributed by atoms with van der Waals surface area (Å²) in [6, 6.07) is 0.515. The van der Waals surface area contributed by atoms with E-state index in [1.165, 1.54) is 0 Å². The molecule has 2 heteroatoms. The van der Waals surface area contributed by atoms with Crippen LogP contribution in [0.4, 0.5) is 0 Å². The van der Waals surface area contributed by atoms with Crippen molar-refractivity contribution < 1.29 is 4.74 Å². The van der Waals surface area contributed by atoms with E-state index in [1.807, 2.05) is 6.92 Å². The smallest absolute Gasteiger partial charge is 0.0578 e. The van der Waals surface area contributed by atoms with Crippen LogP contribution in [0.1, 0.15) is 27.2 Å². The molecule has 0 heterocycles. The molecular formula is C11H21NO. The van der Waals surface area contributed by atoms with Crippen LogP contribution >= 0.6 is 0 Å². The Morgan fingerprint density at radius 3 is 2.54 bits per heavy atom. The van der Waals surface area contributed by atoms with Gasteiger partial charge in [-0.2, -0.15) is 0 Å². The largest absolute Gasteiger partial charge is 0.385 e. The van der Waals surface area contributed by atoms with E-state index in [0.717, 1.165) is 19.6 Å². The summed E-state index contributed by atoms with van der Waals surface area (Å²) in [6.45, 7) is 7.89. The molecule has 0 bridgehead atoms. The van der Waals surface area contributed by atoms with Crippen molar-refractivity contribution in [2.75, 3.05) is 20.3 Å². The van der Waals surface area contributed by atoms with Gasteiger partial charge in [-0.1, -0.05) is 19.8 Å². The first-order valence-corrected chi connectivity index (χ1v) is 4.84. The maximum atomic E-state index is 5.05. The van der Waals surface area contributed by atoms with Crippen LogP contribution in [0, 0.1) is 17.8 Å². The van der Waals surface area contributed by atoms with Crippen molar-refractivity contribution >= 4 is 0 Å². The highest BCUT2D eigenvalue weighted by molar-refractivity contribution is 4.97. The van der Waals surface area contributed by atoms with Crippen LogP contribution in [-0.4, -0.2) is 26.3 Å². The summed E-state index contributed by atoms with van der Waals surface area (Å²) < 4.78 is 5.05. The number of rotatable bonds is 6. The maximum absolute atomic E-state index is 5.05. The Labute approximate surface area is 82.1 Å². The molecule has 0 aliphatic heterocycles. The molecule has 0 radical (unpaired) electrons. The molecule has 76 valence electrons. The van der Waals surface area contributed by atoms with Gasteiger partial charge in [0.25, 0.3) is 0 Å². The Morgan fingerprint density at radius 2 is 2.08 bits per heavy atom. The average Bonchev–Trinajstić information content (AvgIpc) is 2.10. The number of hydrogen-bond acceptors (Lipinski definition) is 2. The highest BCUT2D eigenvalue weighted by atomic mass is 16.5. The van der Waals surface area contributed by atoms with Crippen LogP contribution in [0.5, 0.6) is 0 Å². The van der Waals surface area contributed by atoms with Crippen LogP contribution in [0.3, 0.4) is 0 Å². The average molecular weight is 183 g/mol. The maximum Gasteiger partial charge on any atom is 0.0578 e. The molecule has 0 aromatic heterocycles. The zero-order valence-electron chi connectivity index (χ0n) is 9.18. The van der Waals surface area contributed by atoms with Gasteiger partial charge in [0.15, 0.2) is 0 Å². The van der Waals surface area contributed by atoms with Crippen molar-refractivity contribution in [1.29, 1.82) is 0 Å². The standard InChI is InChI=1S/C11H21NO/c1-5-6-8-12-11(10(2)3)7-9-13-4/h10-12H,7-9H2,1-4H3. The third-order valence-corrected chi connectivity index (χ3v) is 2.07. The van der Waals surface area contributed by atoms with Crippen molar-refractivity contribution in [2.24, 2.45) is 5.92 Å². The van der Waals surface area contributed by atoms with E-state index < -0.39 is 0 Å². The van der Waals surface area contributed by atoms with Gasteiger partial charge in [0.05, 0.1) is 6.54 Å². The number of nitrogens with one attached hydrogen (secondary N) is 1. The van der Waals surface area contributed by atoms with E-state index in [9.17, 15) is 0 Å². The normalized spacial score (nSPS) is 12.4. The van der Waals surface area contributed by atoms with E-state index >= 15 is 0 Å². The van der Waals surface area contributed by atoms with E-state index in [1.54, 1.807) is 7.11 Å². The predicted octanol–water partition coefficient (Wildman–Crippen LogP) is 1.66. The second-order valence-corrected chi connectivity index (χ2v) is 3.44. The summed E-state index contributed by atoms with van der Waals surface area (Å²) in [4.78, 5) is 0. The van der Waals surface area contributed by atoms with Gasteiger partial charge < -0.3 is 10.1 Å². The highest BCUT2D eigenvalue weighted by Crippen LogP contribution is 2.05. The van der Waals surface area contributed by atoms with Crippen LogP contribution < -0.4 is 5.32 Å². The van der Waals surface area contributed by atoms with E-state index in [2.05, 4.69) is 31.0 Å². The van der Waals surface area contributed by atoms with Gasteiger partial charge in [-0.25, -0.2) is 0 Å². The SMILES string of the molecule is CC#CCNC(CCOC)C(C)C. The minimum atomic E-state index is 0.515. The third-order valence-electron chi connectivity index (χ3n) is 2.07. The monoisotopic (exact) mass is 183 g/mol. The molecule has 0 aliphatic carbocycles. The van der Waals surface area contributed by atoms with Gasteiger partial charge >= 0.3 is 0 Å². The van der Waals surface area contributed by atoms with E-state index in [4.69, 9.17) is 4.74 Å². The summed E-state index contributed by atoms with van der Waals surface area (Å²) in [6.07, 6.45) is 1.06. The topological polar surface area (TPSA) is 21.3 Å². The molecule has 0 aromatic carbocycles. The van der Waals surface area contributed by atoms with Crippen LogP contribution in [0.2, 0.25) is 0 Å².